The number of hydrogen-bond acceptors (Lipinski definition) is 3. The Morgan fingerprint density at radius 3 is 2.29 bits per heavy atom. The van der Waals surface area contributed by atoms with Gasteiger partial charge in [0.25, 0.3) is 0 Å². The molecule has 0 bridgehead atoms. The lowest BCUT2D eigenvalue weighted by Gasteiger charge is -2.31. The van der Waals surface area contributed by atoms with E-state index in [1.54, 1.807) is 4.90 Å². The highest BCUT2D eigenvalue weighted by Gasteiger charge is 2.36. The minimum absolute atomic E-state index is 0.0507. The number of carbonyl (C=O) groups is 2. The van der Waals surface area contributed by atoms with Crippen LogP contribution < -0.4 is 11.5 Å². The molecule has 0 aromatic rings. The summed E-state index contributed by atoms with van der Waals surface area (Å²) in [6.07, 6.45) is 5.11. The molecule has 1 aliphatic carbocycles. The fourth-order valence-corrected chi connectivity index (χ4v) is 2.93. The Labute approximate surface area is 102 Å². The maximum Gasteiger partial charge on any atom is 0.240 e. The first-order valence-corrected chi connectivity index (χ1v) is 6.45. The van der Waals surface area contributed by atoms with Gasteiger partial charge < -0.3 is 16.4 Å². The molecule has 2 fully saturated rings. The van der Waals surface area contributed by atoms with Gasteiger partial charge >= 0.3 is 0 Å². The molecule has 4 N–H and O–H groups in total. The number of nitrogens with zero attached hydrogens (tertiary/aromatic N) is 1. The highest BCUT2D eigenvalue weighted by atomic mass is 16.2. The summed E-state index contributed by atoms with van der Waals surface area (Å²) in [4.78, 5) is 25.2. The molecular formula is C12H21N3O2. The molecule has 1 aliphatic heterocycles. The van der Waals surface area contributed by atoms with Crippen LogP contribution in [-0.4, -0.2) is 35.3 Å². The quantitative estimate of drug-likeness (QED) is 0.709. The van der Waals surface area contributed by atoms with Gasteiger partial charge in [-0.3, -0.25) is 9.59 Å². The molecule has 0 aromatic heterocycles. The monoisotopic (exact) mass is 239 g/mol. The summed E-state index contributed by atoms with van der Waals surface area (Å²) in [5, 5.41) is 0. The van der Waals surface area contributed by atoms with Crippen LogP contribution in [0.4, 0.5) is 0 Å². The third-order valence-corrected chi connectivity index (χ3v) is 3.99. The van der Waals surface area contributed by atoms with Crippen molar-refractivity contribution in [3.8, 4) is 0 Å². The van der Waals surface area contributed by atoms with Gasteiger partial charge in [0.1, 0.15) is 6.04 Å². The highest BCUT2D eigenvalue weighted by Crippen LogP contribution is 2.28. The Kier molecular flexibility index (Phi) is 3.66. The van der Waals surface area contributed by atoms with Gasteiger partial charge in [-0.25, -0.2) is 0 Å². The molecule has 0 spiro atoms. The van der Waals surface area contributed by atoms with Crippen LogP contribution in [0.15, 0.2) is 0 Å². The number of primary amides is 1. The molecule has 17 heavy (non-hydrogen) atoms. The van der Waals surface area contributed by atoms with E-state index < -0.39 is 0 Å². The summed E-state index contributed by atoms with van der Waals surface area (Å²) in [5.41, 5.74) is 11.2. The molecule has 96 valence electrons. The van der Waals surface area contributed by atoms with Crippen molar-refractivity contribution in [1.82, 2.24) is 4.90 Å². The number of hydrogen-bond donors (Lipinski definition) is 2. The van der Waals surface area contributed by atoms with Gasteiger partial charge in [0.15, 0.2) is 0 Å². The molecule has 1 saturated heterocycles. The van der Waals surface area contributed by atoms with Gasteiger partial charge in [-0.15, -0.1) is 0 Å². The van der Waals surface area contributed by atoms with Gasteiger partial charge in [-0.05, 0) is 38.5 Å². The Hall–Kier alpha value is -1.10. The number of likely N-dealkylation sites (tertiary alicyclic amines) is 1. The molecule has 0 radical (unpaired) electrons. The van der Waals surface area contributed by atoms with E-state index in [9.17, 15) is 9.59 Å². The highest BCUT2D eigenvalue weighted by molar-refractivity contribution is 5.88. The molecule has 0 aromatic carbocycles. The molecule has 5 heteroatoms. The van der Waals surface area contributed by atoms with E-state index >= 15 is 0 Å². The number of amides is 2. The zero-order chi connectivity index (χ0) is 12.4. The fraction of sp³-hybridized carbons (Fsp3) is 0.833. The maximum absolute atomic E-state index is 12.3. The van der Waals surface area contributed by atoms with Crippen LogP contribution in [-0.2, 0) is 9.59 Å². The molecule has 5 nitrogen and oxygen atoms in total. The second-order valence-corrected chi connectivity index (χ2v) is 5.20. The smallest absolute Gasteiger partial charge is 0.240 e. The van der Waals surface area contributed by atoms with Crippen LogP contribution in [0.1, 0.15) is 38.5 Å². The molecule has 1 unspecified atom stereocenters. The van der Waals surface area contributed by atoms with Gasteiger partial charge in [0, 0.05) is 18.5 Å². The van der Waals surface area contributed by atoms with E-state index in [0.29, 0.717) is 13.0 Å². The number of carbonyl (C=O) groups excluding carboxylic acids is 2. The van der Waals surface area contributed by atoms with Gasteiger partial charge in [-0.1, -0.05) is 0 Å². The molecular weight excluding hydrogens is 218 g/mol. The van der Waals surface area contributed by atoms with E-state index in [1.165, 1.54) is 0 Å². The number of nitrogens with two attached hydrogens (primary N) is 2. The third kappa shape index (κ3) is 2.60. The van der Waals surface area contributed by atoms with E-state index in [2.05, 4.69) is 0 Å². The van der Waals surface area contributed by atoms with Gasteiger partial charge in [0.05, 0.1) is 0 Å². The van der Waals surface area contributed by atoms with Crippen molar-refractivity contribution < 1.29 is 9.59 Å². The lowest BCUT2D eigenvalue weighted by atomic mass is 9.85. The molecule has 1 atom stereocenters. The Balaban J connectivity index is 1.97. The molecule has 2 rings (SSSR count). The van der Waals surface area contributed by atoms with Crippen LogP contribution in [0.3, 0.4) is 0 Å². The van der Waals surface area contributed by atoms with Gasteiger partial charge in [0.2, 0.25) is 11.8 Å². The first-order chi connectivity index (χ1) is 8.09. The van der Waals surface area contributed by atoms with Crippen LogP contribution in [0.2, 0.25) is 0 Å². The summed E-state index contributed by atoms with van der Waals surface area (Å²) in [6.45, 7) is 0.676. The SMILES string of the molecule is NC(=O)C1CCCN1C(=O)C1CCC(N)CC1. The van der Waals surface area contributed by atoms with Crippen LogP contribution in [0, 0.1) is 5.92 Å². The van der Waals surface area contributed by atoms with E-state index in [0.717, 1.165) is 32.1 Å². The Bertz CT molecular complexity index is 311. The van der Waals surface area contributed by atoms with E-state index in [1.807, 2.05) is 0 Å². The Morgan fingerprint density at radius 2 is 1.71 bits per heavy atom. The van der Waals surface area contributed by atoms with Crippen molar-refractivity contribution in [3.63, 3.8) is 0 Å². The minimum Gasteiger partial charge on any atom is -0.368 e. The van der Waals surface area contributed by atoms with Crippen LogP contribution in [0.5, 0.6) is 0 Å². The summed E-state index contributed by atoms with van der Waals surface area (Å²) >= 11 is 0. The average Bonchev–Trinajstić information content (AvgIpc) is 2.78. The third-order valence-electron chi connectivity index (χ3n) is 3.99. The van der Waals surface area contributed by atoms with Crippen molar-refractivity contribution >= 4 is 11.8 Å². The van der Waals surface area contributed by atoms with Crippen molar-refractivity contribution in [2.75, 3.05) is 6.54 Å². The number of rotatable bonds is 2. The lowest BCUT2D eigenvalue weighted by molar-refractivity contribution is -0.141. The summed E-state index contributed by atoms with van der Waals surface area (Å²) < 4.78 is 0. The molecule has 1 heterocycles. The normalized spacial score (nSPS) is 33.7. The lowest BCUT2D eigenvalue weighted by Crippen LogP contribution is -2.47. The zero-order valence-corrected chi connectivity index (χ0v) is 10.1. The molecule has 1 saturated carbocycles. The summed E-state index contributed by atoms with van der Waals surface area (Å²) in [6, 6.07) is -0.136. The maximum atomic E-state index is 12.3. The summed E-state index contributed by atoms with van der Waals surface area (Å²) in [5.74, 6) is -0.212. The predicted octanol–water partition coefficient (Wildman–Crippen LogP) is -0.0198. The van der Waals surface area contributed by atoms with Crippen molar-refractivity contribution in [3.05, 3.63) is 0 Å². The average molecular weight is 239 g/mol. The van der Waals surface area contributed by atoms with Crippen molar-refractivity contribution in [2.24, 2.45) is 17.4 Å². The first kappa shape index (κ1) is 12.4. The molecule has 2 amide bonds. The summed E-state index contributed by atoms with van der Waals surface area (Å²) in [7, 11) is 0. The van der Waals surface area contributed by atoms with Crippen LogP contribution >= 0.6 is 0 Å². The zero-order valence-electron chi connectivity index (χ0n) is 10.1. The second-order valence-electron chi connectivity index (χ2n) is 5.20. The Morgan fingerprint density at radius 1 is 1.06 bits per heavy atom. The predicted molar refractivity (Wildman–Crippen MR) is 63.9 cm³/mol. The van der Waals surface area contributed by atoms with Crippen molar-refractivity contribution in [2.45, 2.75) is 50.6 Å². The molecule has 2 aliphatic rings. The van der Waals surface area contributed by atoms with Gasteiger partial charge in [-0.2, -0.15) is 0 Å². The first-order valence-electron chi connectivity index (χ1n) is 6.45. The standard InChI is InChI=1S/C12H21N3O2/c13-9-5-3-8(4-6-9)12(17)15-7-1-2-10(15)11(14)16/h8-10H,1-7,13H2,(H2,14,16). The van der Waals surface area contributed by atoms with Crippen LogP contribution in [0.25, 0.3) is 0 Å². The topological polar surface area (TPSA) is 89.4 Å². The van der Waals surface area contributed by atoms with Crippen molar-refractivity contribution in [1.29, 1.82) is 0 Å². The fourth-order valence-electron chi connectivity index (χ4n) is 2.93. The van der Waals surface area contributed by atoms with E-state index in [-0.39, 0.29) is 29.8 Å². The van der Waals surface area contributed by atoms with E-state index in [4.69, 9.17) is 11.5 Å². The second kappa shape index (κ2) is 5.04. The largest absolute Gasteiger partial charge is 0.368 e. The minimum atomic E-state index is -0.377.